The molecule has 0 radical (unpaired) electrons. The van der Waals surface area contributed by atoms with Gasteiger partial charge in [-0.3, -0.25) is 0 Å². The van der Waals surface area contributed by atoms with Gasteiger partial charge >= 0.3 is 5.97 Å². The van der Waals surface area contributed by atoms with Crippen LogP contribution in [0.3, 0.4) is 0 Å². The first-order valence-electron chi connectivity index (χ1n) is 7.33. The summed E-state index contributed by atoms with van der Waals surface area (Å²) in [5.41, 5.74) is -0.925. The Morgan fingerprint density at radius 1 is 1.33 bits per heavy atom. The van der Waals surface area contributed by atoms with Crippen molar-refractivity contribution in [2.24, 2.45) is 5.92 Å². The molecule has 1 saturated carbocycles. The second-order valence-electron chi connectivity index (χ2n) is 5.98. The number of carboxylic acids is 1. The number of hydrogen-bond donors (Lipinski definition) is 2. The molecule has 1 heterocycles. The van der Waals surface area contributed by atoms with Crippen molar-refractivity contribution in [3.63, 3.8) is 0 Å². The minimum Gasteiger partial charge on any atom is -0.480 e. The topological polar surface area (TPSA) is 75.1 Å². The van der Waals surface area contributed by atoms with E-state index in [4.69, 9.17) is 0 Å². The van der Waals surface area contributed by atoms with Crippen LogP contribution in [0.1, 0.15) is 32.6 Å². The van der Waals surface area contributed by atoms with Crippen molar-refractivity contribution in [1.82, 2.24) is 10.2 Å². The number of aromatic nitrogens is 2. The van der Waals surface area contributed by atoms with Crippen molar-refractivity contribution in [3.05, 3.63) is 30.5 Å². The molecule has 3 rings (SSSR count). The molecule has 0 aliphatic heterocycles. The number of fused-ring (bicyclic) bond motifs is 1. The van der Waals surface area contributed by atoms with E-state index in [9.17, 15) is 9.90 Å². The predicted molar refractivity (Wildman–Crippen MR) is 81.2 cm³/mol. The molecule has 0 amide bonds. The van der Waals surface area contributed by atoms with E-state index in [1.165, 1.54) is 0 Å². The molecule has 5 heteroatoms. The third-order valence-corrected chi connectivity index (χ3v) is 4.47. The quantitative estimate of drug-likeness (QED) is 0.906. The van der Waals surface area contributed by atoms with Crippen molar-refractivity contribution in [1.29, 1.82) is 0 Å². The number of benzene rings is 1. The summed E-state index contributed by atoms with van der Waals surface area (Å²) in [4.78, 5) is 11.8. The van der Waals surface area contributed by atoms with E-state index in [2.05, 4.69) is 22.4 Å². The molecule has 0 unspecified atom stereocenters. The molecular formula is C16H19N3O2. The van der Waals surface area contributed by atoms with Crippen LogP contribution in [0.15, 0.2) is 30.5 Å². The van der Waals surface area contributed by atoms with Gasteiger partial charge in [-0.1, -0.05) is 31.2 Å². The van der Waals surface area contributed by atoms with Gasteiger partial charge in [0.1, 0.15) is 5.54 Å². The van der Waals surface area contributed by atoms with Crippen LogP contribution >= 0.6 is 0 Å². The summed E-state index contributed by atoms with van der Waals surface area (Å²) in [6.45, 7) is 2.17. The maximum Gasteiger partial charge on any atom is 0.329 e. The van der Waals surface area contributed by atoms with Crippen molar-refractivity contribution in [3.8, 4) is 0 Å². The number of rotatable bonds is 3. The molecule has 0 saturated heterocycles. The van der Waals surface area contributed by atoms with Crippen LogP contribution in [0.25, 0.3) is 10.8 Å². The van der Waals surface area contributed by atoms with Crippen LogP contribution in [0.5, 0.6) is 0 Å². The summed E-state index contributed by atoms with van der Waals surface area (Å²) in [6.07, 6.45) is 4.76. The summed E-state index contributed by atoms with van der Waals surface area (Å²) >= 11 is 0. The Balaban J connectivity index is 1.97. The molecule has 5 nitrogen and oxygen atoms in total. The summed E-state index contributed by atoms with van der Waals surface area (Å²) in [7, 11) is 0. The Hall–Kier alpha value is -2.17. The van der Waals surface area contributed by atoms with Crippen LogP contribution in [0.4, 0.5) is 5.82 Å². The fourth-order valence-electron chi connectivity index (χ4n) is 2.99. The normalized spacial score (nSPS) is 25.7. The maximum absolute atomic E-state index is 11.8. The highest BCUT2D eigenvalue weighted by Gasteiger charge is 2.41. The minimum absolute atomic E-state index is 0.560. The molecule has 0 spiro atoms. The lowest BCUT2D eigenvalue weighted by Crippen LogP contribution is -2.49. The van der Waals surface area contributed by atoms with Gasteiger partial charge in [0.15, 0.2) is 5.82 Å². The van der Waals surface area contributed by atoms with E-state index < -0.39 is 11.5 Å². The SMILES string of the molecule is CC1CCC(Nc2nncc3ccccc23)(C(=O)O)CC1. The van der Waals surface area contributed by atoms with Gasteiger partial charge in [-0.25, -0.2) is 4.79 Å². The minimum atomic E-state index is -0.925. The monoisotopic (exact) mass is 285 g/mol. The zero-order chi connectivity index (χ0) is 14.9. The lowest BCUT2D eigenvalue weighted by atomic mass is 9.77. The molecular weight excluding hydrogens is 266 g/mol. The van der Waals surface area contributed by atoms with E-state index in [1.54, 1.807) is 6.20 Å². The van der Waals surface area contributed by atoms with Gasteiger partial charge in [0.2, 0.25) is 0 Å². The second-order valence-corrected chi connectivity index (χ2v) is 5.98. The summed E-state index contributed by atoms with van der Waals surface area (Å²) in [6, 6.07) is 7.74. The molecule has 1 aliphatic carbocycles. The summed E-state index contributed by atoms with van der Waals surface area (Å²) in [5.74, 6) is 0.340. The zero-order valence-electron chi connectivity index (χ0n) is 12.0. The highest BCUT2D eigenvalue weighted by molar-refractivity contribution is 5.93. The Morgan fingerprint density at radius 3 is 2.76 bits per heavy atom. The maximum atomic E-state index is 11.8. The lowest BCUT2D eigenvalue weighted by Gasteiger charge is -2.36. The third-order valence-electron chi connectivity index (χ3n) is 4.47. The van der Waals surface area contributed by atoms with Crippen LogP contribution in [-0.4, -0.2) is 26.8 Å². The predicted octanol–water partition coefficient (Wildman–Crippen LogP) is 3.08. The smallest absolute Gasteiger partial charge is 0.329 e. The zero-order valence-corrected chi connectivity index (χ0v) is 12.0. The Bertz CT molecular complexity index is 658. The summed E-state index contributed by atoms with van der Waals surface area (Å²) < 4.78 is 0. The van der Waals surface area contributed by atoms with Gasteiger partial charge in [0.25, 0.3) is 0 Å². The number of carbonyl (C=O) groups is 1. The van der Waals surface area contributed by atoms with Gasteiger partial charge < -0.3 is 10.4 Å². The number of aliphatic carboxylic acids is 1. The number of carboxylic acid groups (broad SMARTS) is 1. The van der Waals surface area contributed by atoms with E-state index in [1.807, 2.05) is 24.3 Å². The number of nitrogens with one attached hydrogen (secondary N) is 1. The first kappa shape index (κ1) is 13.8. The molecule has 21 heavy (non-hydrogen) atoms. The molecule has 2 aromatic rings. The third kappa shape index (κ3) is 2.55. The highest BCUT2D eigenvalue weighted by Crippen LogP contribution is 2.35. The molecule has 1 aromatic carbocycles. The summed E-state index contributed by atoms with van der Waals surface area (Å²) in [5, 5.41) is 22.9. The van der Waals surface area contributed by atoms with Crippen LogP contribution < -0.4 is 5.32 Å². The van der Waals surface area contributed by atoms with Gasteiger partial charge in [0, 0.05) is 10.8 Å². The van der Waals surface area contributed by atoms with Crippen molar-refractivity contribution in [2.75, 3.05) is 5.32 Å². The molecule has 1 aromatic heterocycles. The van der Waals surface area contributed by atoms with Crippen molar-refractivity contribution < 1.29 is 9.90 Å². The number of nitrogens with zero attached hydrogens (tertiary/aromatic N) is 2. The molecule has 1 fully saturated rings. The van der Waals surface area contributed by atoms with Crippen LogP contribution in [0.2, 0.25) is 0 Å². The van der Waals surface area contributed by atoms with E-state index >= 15 is 0 Å². The lowest BCUT2D eigenvalue weighted by molar-refractivity contribution is -0.143. The van der Waals surface area contributed by atoms with Crippen LogP contribution in [0, 0.1) is 5.92 Å². The Kier molecular flexibility index (Phi) is 3.49. The number of hydrogen-bond acceptors (Lipinski definition) is 4. The van der Waals surface area contributed by atoms with E-state index in [-0.39, 0.29) is 0 Å². The average Bonchev–Trinajstić information content (AvgIpc) is 2.50. The van der Waals surface area contributed by atoms with Crippen molar-refractivity contribution >= 4 is 22.6 Å². The Morgan fingerprint density at radius 2 is 2.05 bits per heavy atom. The fourth-order valence-corrected chi connectivity index (χ4v) is 2.99. The molecule has 110 valence electrons. The van der Waals surface area contributed by atoms with E-state index in [0.29, 0.717) is 24.6 Å². The largest absolute Gasteiger partial charge is 0.480 e. The standard InChI is InChI=1S/C16H19N3O2/c1-11-6-8-16(9-7-11,15(20)21)18-14-13-5-3-2-4-12(13)10-17-19-14/h2-5,10-11H,6-9H2,1H3,(H,18,19)(H,20,21). The fraction of sp³-hybridized carbons (Fsp3) is 0.438. The number of anilines is 1. The van der Waals surface area contributed by atoms with E-state index in [0.717, 1.165) is 23.6 Å². The molecule has 0 atom stereocenters. The molecule has 1 aliphatic rings. The Labute approximate surface area is 123 Å². The highest BCUT2D eigenvalue weighted by atomic mass is 16.4. The molecule has 0 bridgehead atoms. The van der Waals surface area contributed by atoms with Gasteiger partial charge in [-0.2, -0.15) is 5.10 Å². The first-order chi connectivity index (χ1) is 10.1. The average molecular weight is 285 g/mol. The molecule has 2 N–H and O–H groups in total. The second kappa shape index (κ2) is 5.31. The van der Waals surface area contributed by atoms with Gasteiger partial charge in [0.05, 0.1) is 6.20 Å². The first-order valence-corrected chi connectivity index (χ1v) is 7.33. The van der Waals surface area contributed by atoms with Crippen LogP contribution in [-0.2, 0) is 4.79 Å². The van der Waals surface area contributed by atoms with Gasteiger partial charge in [-0.15, -0.1) is 5.10 Å². The van der Waals surface area contributed by atoms with Gasteiger partial charge in [-0.05, 0) is 31.6 Å². The van der Waals surface area contributed by atoms with Crippen molar-refractivity contribution in [2.45, 2.75) is 38.1 Å².